The van der Waals surface area contributed by atoms with Gasteiger partial charge in [0.15, 0.2) is 0 Å². The van der Waals surface area contributed by atoms with Crippen molar-refractivity contribution in [2.45, 2.75) is 25.7 Å². The molecule has 1 heterocycles. The van der Waals surface area contributed by atoms with Crippen molar-refractivity contribution in [3.05, 3.63) is 0 Å². The third-order valence-corrected chi connectivity index (χ3v) is 3.16. The van der Waals surface area contributed by atoms with Gasteiger partial charge in [-0.25, -0.2) is 0 Å². The van der Waals surface area contributed by atoms with Crippen molar-refractivity contribution < 1.29 is 0 Å². The molecule has 0 N–H and O–H groups in total. The molecule has 0 aromatic rings. The molecule has 0 amide bonds. The zero-order valence-corrected chi connectivity index (χ0v) is 6.84. The highest BCUT2D eigenvalue weighted by molar-refractivity contribution is 4.84. The Morgan fingerprint density at radius 1 is 1.00 bits per heavy atom. The van der Waals surface area contributed by atoms with E-state index in [4.69, 9.17) is 0 Å². The van der Waals surface area contributed by atoms with Crippen LogP contribution in [0.4, 0.5) is 0 Å². The number of hydrogen-bond donors (Lipinski definition) is 0. The Balaban J connectivity index is 1.97. The fraction of sp³-hybridized carbons (Fsp3) is 1.00. The van der Waals surface area contributed by atoms with E-state index in [0.29, 0.717) is 0 Å². The molecule has 10 heavy (non-hydrogen) atoms. The third-order valence-electron chi connectivity index (χ3n) is 3.16. The summed E-state index contributed by atoms with van der Waals surface area (Å²) in [5, 5.41) is 0. The van der Waals surface area contributed by atoms with Crippen LogP contribution in [-0.4, -0.2) is 25.0 Å². The molecular weight excluding hydrogens is 122 g/mol. The summed E-state index contributed by atoms with van der Waals surface area (Å²) in [6.45, 7) is 2.76. The van der Waals surface area contributed by atoms with Gasteiger partial charge in [-0.15, -0.1) is 0 Å². The number of hydrogen-bond acceptors (Lipinski definition) is 1. The van der Waals surface area contributed by atoms with E-state index in [9.17, 15) is 0 Å². The van der Waals surface area contributed by atoms with Crippen LogP contribution in [0, 0.1) is 11.8 Å². The van der Waals surface area contributed by atoms with E-state index >= 15 is 0 Å². The fourth-order valence-electron chi connectivity index (χ4n) is 2.64. The van der Waals surface area contributed by atoms with E-state index in [1.807, 2.05) is 0 Å². The second-order valence-corrected chi connectivity index (χ2v) is 4.03. The minimum atomic E-state index is 1.07. The van der Waals surface area contributed by atoms with Crippen LogP contribution in [0.25, 0.3) is 0 Å². The maximum atomic E-state index is 2.50. The summed E-state index contributed by atoms with van der Waals surface area (Å²) in [7, 11) is 2.26. The predicted octanol–water partition coefficient (Wildman–Crippen LogP) is 1.74. The molecule has 2 atom stereocenters. The van der Waals surface area contributed by atoms with Crippen LogP contribution in [0.3, 0.4) is 0 Å². The number of likely N-dealkylation sites (tertiary alicyclic amines) is 1. The smallest absolute Gasteiger partial charge is 0.000985 e. The van der Waals surface area contributed by atoms with Crippen LogP contribution in [0.5, 0.6) is 0 Å². The van der Waals surface area contributed by atoms with Crippen molar-refractivity contribution in [1.82, 2.24) is 4.90 Å². The van der Waals surface area contributed by atoms with Crippen LogP contribution < -0.4 is 0 Å². The zero-order chi connectivity index (χ0) is 6.97. The highest BCUT2D eigenvalue weighted by atomic mass is 15.1. The van der Waals surface area contributed by atoms with Crippen molar-refractivity contribution in [1.29, 1.82) is 0 Å². The zero-order valence-electron chi connectivity index (χ0n) is 6.84. The van der Waals surface area contributed by atoms with E-state index in [2.05, 4.69) is 11.9 Å². The molecule has 1 nitrogen and oxygen atoms in total. The summed E-state index contributed by atoms with van der Waals surface area (Å²) in [6.07, 6.45) is 6.01. The Hall–Kier alpha value is -0.0400. The van der Waals surface area contributed by atoms with Gasteiger partial charge in [0.2, 0.25) is 0 Å². The molecule has 1 aliphatic carbocycles. The van der Waals surface area contributed by atoms with Gasteiger partial charge in [-0.05, 0) is 31.7 Å². The molecule has 58 valence electrons. The fourth-order valence-corrected chi connectivity index (χ4v) is 2.64. The first-order valence-electron chi connectivity index (χ1n) is 4.55. The molecule has 0 unspecified atom stereocenters. The molecule has 1 saturated carbocycles. The Bertz CT molecular complexity index is 108. The standard InChI is InChI=1S/C9H17N/c1-10-6-8-4-2-3-5-9(8)7-10/h8-9H,2-7H2,1H3/t8-,9-/m1/s1. The van der Waals surface area contributed by atoms with E-state index in [-0.39, 0.29) is 0 Å². The maximum Gasteiger partial charge on any atom is 0.000985 e. The highest BCUT2D eigenvalue weighted by Gasteiger charge is 2.31. The van der Waals surface area contributed by atoms with Crippen molar-refractivity contribution in [2.75, 3.05) is 20.1 Å². The molecule has 0 aromatic carbocycles. The molecule has 0 spiro atoms. The van der Waals surface area contributed by atoms with Gasteiger partial charge in [-0.1, -0.05) is 12.8 Å². The average Bonchev–Trinajstić information content (AvgIpc) is 2.27. The quantitative estimate of drug-likeness (QED) is 0.494. The molecule has 0 bridgehead atoms. The van der Waals surface area contributed by atoms with Gasteiger partial charge in [-0.2, -0.15) is 0 Å². The maximum absolute atomic E-state index is 2.50. The Kier molecular flexibility index (Phi) is 1.69. The molecule has 2 aliphatic rings. The lowest BCUT2D eigenvalue weighted by molar-refractivity contribution is 0.299. The average molecular weight is 139 g/mol. The van der Waals surface area contributed by atoms with Gasteiger partial charge in [0, 0.05) is 13.1 Å². The van der Waals surface area contributed by atoms with Gasteiger partial charge in [0.1, 0.15) is 0 Å². The number of nitrogens with zero attached hydrogens (tertiary/aromatic N) is 1. The molecular formula is C9H17N. The highest BCUT2D eigenvalue weighted by Crippen LogP contribution is 2.34. The van der Waals surface area contributed by atoms with E-state index in [1.165, 1.54) is 38.8 Å². The lowest BCUT2D eigenvalue weighted by Crippen LogP contribution is -2.16. The van der Waals surface area contributed by atoms with Gasteiger partial charge in [0.25, 0.3) is 0 Å². The van der Waals surface area contributed by atoms with Crippen molar-refractivity contribution in [2.24, 2.45) is 11.8 Å². The molecule has 1 saturated heterocycles. The summed E-state index contributed by atoms with van der Waals surface area (Å²) >= 11 is 0. The summed E-state index contributed by atoms with van der Waals surface area (Å²) in [4.78, 5) is 2.50. The second-order valence-electron chi connectivity index (χ2n) is 4.03. The minimum absolute atomic E-state index is 1.07. The van der Waals surface area contributed by atoms with Crippen LogP contribution in [0.1, 0.15) is 25.7 Å². The monoisotopic (exact) mass is 139 g/mol. The Labute approximate surface area is 63.4 Å². The van der Waals surface area contributed by atoms with Crippen LogP contribution in [-0.2, 0) is 0 Å². The van der Waals surface area contributed by atoms with E-state index in [0.717, 1.165) is 11.8 Å². The summed E-state index contributed by atoms with van der Waals surface area (Å²) in [6, 6.07) is 0. The molecule has 1 aliphatic heterocycles. The second kappa shape index (κ2) is 2.54. The normalized spacial score (nSPS) is 41.7. The molecule has 2 rings (SSSR count). The Morgan fingerprint density at radius 3 is 2.00 bits per heavy atom. The van der Waals surface area contributed by atoms with Crippen LogP contribution in [0.2, 0.25) is 0 Å². The first-order valence-corrected chi connectivity index (χ1v) is 4.55. The van der Waals surface area contributed by atoms with Gasteiger partial charge in [-0.3, -0.25) is 0 Å². The van der Waals surface area contributed by atoms with Crippen molar-refractivity contribution in [3.63, 3.8) is 0 Å². The van der Waals surface area contributed by atoms with Crippen molar-refractivity contribution in [3.8, 4) is 0 Å². The summed E-state index contributed by atoms with van der Waals surface area (Å²) in [5.41, 5.74) is 0. The van der Waals surface area contributed by atoms with E-state index < -0.39 is 0 Å². The summed E-state index contributed by atoms with van der Waals surface area (Å²) in [5.74, 6) is 2.14. The van der Waals surface area contributed by atoms with Crippen LogP contribution in [0.15, 0.2) is 0 Å². The Morgan fingerprint density at radius 2 is 1.50 bits per heavy atom. The SMILES string of the molecule is CN1C[C@H]2CCCC[C@@H]2C1. The van der Waals surface area contributed by atoms with Crippen molar-refractivity contribution >= 4 is 0 Å². The summed E-state index contributed by atoms with van der Waals surface area (Å²) < 4.78 is 0. The number of fused-ring (bicyclic) bond motifs is 1. The van der Waals surface area contributed by atoms with Gasteiger partial charge in [0.05, 0.1) is 0 Å². The van der Waals surface area contributed by atoms with Crippen LogP contribution >= 0.6 is 0 Å². The largest absolute Gasteiger partial charge is 0.306 e. The molecule has 0 radical (unpaired) electrons. The predicted molar refractivity (Wildman–Crippen MR) is 42.9 cm³/mol. The van der Waals surface area contributed by atoms with E-state index in [1.54, 1.807) is 0 Å². The molecule has 1 heteroatoms. The first kappa shape index (κ1) is 6.66. The topological polar surface area (TPSA) is 3.24 Å². The molecule has 0 aromatic heterocycles. The minimum Gasteiger partial charge on any atom is -0.306 e. The first-order chi connectivity index (χ1) is 4.86. The lowest BCUT2D eigenvalue weighted by atomic mass is 9.82. The lowest BCUT2D eigenvalue weighted by Gasteiger charge is -2.23. The van der Waals surface area contributed by atoms with Gasteiger partial charge >= 0.3 is 0 Å². The third kappa shape index (κ3) is 1.07. The van der Waals surface area contributed by atoms with Gasteiger partial charge < -0.3 is 4.90 Å². The molecule has 2 fully saturated rings. The number of rotatable bonds is 0.